The van der Waals surface area contributed by atoms with Gasteiger partial charge in [0.05, 0.1) is 21.3 Å². The maximum Gasteiger partial charge on any atom is 0.460 e. The van der Waals surface area contributed by atoms with Crippen LogP contribution in [0.2, 0.25) is 0 Å². The van der Waals surface area contributed by atoms with Gasteiger partial charge in [0.2, 0.25) is 11.6 Å². The average Bonchev–Trinajstić information content (AvgIpc) is 3.61. The Morgan fingerprint density at radius 1 is 0.405 bits per heavy atom. The standard InChI is InChI=1S/C31H44O4.C24H15F15O5/c1-3-4-5-6-7-8-9-10-11-12-13-14-18-24-29(32)35-31(26-20-16-15-17-21-26)30(33)27-22-19-23-28(25-27)34-2;1-42-13-8-12(9-14(10-13)43-2)15(40)16(11-6-4-3-5-7-11)44-17(41)18(25,26)19(27,28)20(29,30)21(31,32)22(33,34)23(35,36)24(37,38)39/h15-17,19-23,25,31H,3-14,18,24H2,1-2H3;3-10,16H,1-2H3. The molecule has 438 valence electrons. The summed E-state index contributed by atoms with van der Waals surface area (Å²) in [5, 5.41) is 0. The molecule has 0 heterocycles. The van der Waals surface area contributed by atoms with Crippen LogP contribution in [0.15, 0.2) is 103 Å². The van der Waals surface area contributed by atoms with E-state index in [1.54, 1.807) is 31.4 Å². The molecule has 0 aromatic heterocycles. The molecule has 4 aromatic carbocycles. The third-order valence-corrected chi connectivity index (χ3v) is 12.2. The van der Waals surface area contributed by atoms with E-state index in [2.05, 4.69) is 11.7 Å². The lowest BCUT2D eigenvalue weighted by molar-refractivity contribution is -0.450. The Hall–Kier alpha value is -6.49. The SMILES string of the molecule is CCCCCCCCCCCCCCCC(=O)OC(C(=O)c1cccc(OC)c1)c1ccccc1.COc1cc(OC)cc(C(=O)C(OC(=O)C(F)(F)C(F)(F)C(F)(F)C(F)(F)C(F)(F)C(F)(F)C(F)(F)F)c2ccccc2)c1. The fourth-order valence-corrected chi connectivity index (χ4v) is 7.58. The molecule has 2 atom stereocenters. The molecule has 4 aromatic rings. The molecule has 2 unspecified atom stereocenters. The Kier molecular flexibility index (Phi) is 24.6. The van der Waals surface area contributed by atoms with Crippen molar-refractivity contribution in [2.24, 2.45) is 0 Å². The fourth-order valence-electron chi connectivity index (χ4n) is 7.58. The van der Waals surface area contributed by atoms with Crippen molar-refractivity contribution < 1.29 is 109 Å². The molecule has 0 amide bonds. The van der Waals surface area contributed by atoms with Crippen LogP contribution < -0.4 is 14.2 Å². The maximum absolute atomic E-state index is 14.5. The van der Waals surface area contributed by atoms with Crippen LogP contribution >= 0.6 is 0 Å². The van der Waals surface area contributed by atoms with E-state index >= 15 is 0 Å². The second-order valence-electron chi connectivity index (χ2n) is 18.0. The van der Waals surface area contributed by atoms with Gasteiger partial charge in [-0.05, 0) is 30.7 Å². The summed E-state index contributed by atoms with van der Waals surface area (Å²) in [5.74, 6) is -55.2. The second kappa shape index (κ2) is 29.1. The van der Waals surface area contributed by atoms with E-state index in [9.17, 15) is 85.0 Å². The third-order valence-electron chi connectivity index (χ3n) is 12.2. The third kappa shape index (κ3) is 16.5. The monoisotopic (exact) mass is 1150 g/mol. The van der Waals surface area contributed by atoms with E-state index in [1.165, 1.54) is 70.3 Å². The van der Waals surface area contributed by atoms with Gasteiger partial charge in [0, 0.05) is 34.7 Å². The first kappa shape index (κ1) is 66.8. The van der Waals surface area contributed by atoms with E-state index < -0.39 is 76.8 Å². The number of carbonyl (C=O) groups excluding carboxylic acids is 4. The minimum Gasteiger partial charge on any atom is -0.497 e. The number of ketones is 2. The van der Waals surface area contributed by atoms with E-state index in [4.69, 9.17) is 18.9 Å². The number of halogens is 15. The number of methoxy groups -OCH3 is 3. The van der Waals surface area contributed by atoms with Gasteiger partial charge in [-0.25, -0.2) is 4.79 Å². The lowest BCUT2D eigenvalue weighted by Crippen LogP contribution is -2.73. The Balaban J connectivity index is 0.000000426. The summed E-state index contributed by atoms with van der Waals surface area (Å²) in [5.41, 5.74) is -0.157. The van der Waals surface area contributed by atoms with Gasteiger partial charge in [-0.1, -0.05) is 157 Å². The second-order valence-corrected chi connectivity index (χ2v) is 18.0. The smallest absolute Gasteiger partial charge is 0.460 e. The predicted octanol–water partition coefficient (Wildman–Crippen LogP) is 16.2. The summed E-state index contributed by atoms with van der Waals surface area (Å²) < 4.78 is 228. The van der Waals surface area contributed by atoms with Crippen LogP contribution in [0.1, 0.15) is 141 Å². The van der Waals surface area contributed by atoms with Crippen molar-refractivity contribution in [2.45, 2.75) is 151 Å². The first-order chi connectivity index (χ1) is 36.9. The van der Waals surface area contributed by atoms with Crippen LogP contribution in [-0.2, 0) is 19.1 Å². The van der Waals surface area contributed by atoms with Crippen LogP contribution in [0.3, 0.4) is 0 Å². The van der Waals surface area contributed by atoms with E-state index in [-0.39, 0.29) is 23.3 Å². The number of esters is 2. The molecule has 4 rings (SSSR count). The summed E-state index contributed by atoms with van der Waals surface area (Å²) in [6, 6.07) is 24.0. The number of benzene rings is 4. The number of Topliss-reactive ketones (excluding diaryl/α,β-unsaturated/α-hetero) is 2. The summed E-state index contributed by atoms with van der Waals surface area (Å²) in [4.78, 5) is 51.0. The number of hydrogen-bond donors (Lipinski definition) is 0. The quantitative estimate of drug-likeness (QED) is 0.0210. The lowest BCUT2D eigenvalue weighted by Gasteiger charge is -2.41. The molecule has 0 aliphatic carbocycles. The molecule has 0 saturated carbocycles. The molecule has 0 bridgehead atoms. The minimum atomic E-state index is -8.60. The number of ether oxygens (including phenoxy) is 5. The van der Waals surface area contributed by atoms with Gasteiger partial charge in [0.1, 0.15) is 17.2 Å². The zero-order chi connectivity index (χ0) is 59.5. The molecule has 0 aliphatic heterocycles. The average molecular weight is 1150 g/mol. The largest absolute Gasteiger partial charge is 0.497 e. The van der Waals surface area contributed by atoms with Crippen LogP contribution in [0.25, 0.3) is 0 Å². The highest BCUT2D eigenvalue weighted by atomic mass is 19.4. The van der Waals surface area contributed by atoms with Gasteiger partial charge in [-0.2, -0.15) is 65.9 Å². The summed E-state index contributed by atoms with van der Waals surface area (Å²) in [7, 11) is 3.68. The van der Waals surface area contributed by atoms with Crippen molar-refractivity contribution >= 4 is 23.5 Å². The Labute approximate surface area is 446 Å². The molecule has 9 nitrogen and oxygen atoms in total. The lowest BCUT2D eigenvalue weighted by atomic mass is 9.91. The zero-order valence-corrected chi connectivity index (χ0v) is 43.2. The molecule has 0 radical (unpaired) electrons. The van der Waals surface area contributed by atoms with Gasteiger partial charge in [0.15, 0.2) is 12.2 Å². The van der Waals surface area contributed by atoms with E-state index in [0.29, 0.717) is 23.3 Å². The summed E-state index contributed by atoms with van der Waals surface area (Å²) in [6.07, 6.45) is 5.17. The molecule has 0 fully saturated rings. The molecule has 0 aliphatic rings. The Bertz CT molecular complexity index is 2540. The summed E-state index contributed by atoms with van der Waals surface area (Å²) >= 11 is 0. The van der Waals surface area contributed by atoms with Gasteiger partial charge in [-0.15, -0.1) is 0 Å². The normalized spacial score (nSPS) is 13.3. The molecule has 0 N–H and O–H groups in total. The van der Waals surface area contributed by atoms with Gasteiger partial charge >= 0.3 is 53.7 Å². The maximum atomic E-state index is 14.5. The number of alkyl halides is 15. The van der Waals surface area contributed by atoms with Crippen molar-refractivity contribution in [3.8, 4) is 17.2 Å². The highest BCUT2D eigenvalue weighted by molar-refractivity contribution is 6.02. The van der Waals surface area contributed by atoms with Gasteiger partial charge < -0.3 is 23.7 Å². The first-order valence-corrected chi connectivity index (χ1v) is 24.7. The van der Waals surface area contributed by atoms with Crippen molar-refractivity contribution in [1.29, 1.82) is 0 Å². The molecule has 24 heteroatoms. The highest BCUT2D eigenvalue weighted by Crippen LogP contribution is 2.62. The number of hydrogen-bond acceptors (Lipinski definition) is 9. The first-order valence-electron chi connectivity index (χ1n) is 24.7. The van der Waals surface area contributed by atoms with Gasteiger partial charge in [0.25, 0.3) is 0 Å². The van der Waals surface area contributed by atoms with E-state index in [1.807, 2.05) is 30.3 Å². The zero-order valence-electron chi connectivity index (χ0n) is 43.2. The highest BCUT2D eigenvalue weighted by Gasteiger charge is 2.94. The minimum absolute atomic E-state index is 0.179. The number of unbranched alkanes of at least 4 members (excludes halogenated alkanes) is 12. The molecule has 0 spiro atoms. The Morgan fingerprint density at radius 2 is 0.785 bits per heavy atom. The molecule has 0 saturated heterocycles. The number of rotatable bonds is 31. The van der Waals surface area contributed by atoms with E-state index in [0.717, 1.165) is 75.9 Å². The van der Waals surface area contributed by atoms with Crippen LogP contribution in [0.4, 0.5) is 65.9 Å². The predicted molar refractivity (Wildman–Crippen MR) is 258 cm³/mol. The van der Waals surface area contributed by atoms with Crippen molar-refractivity contribution in [2.75, 3.05) is 21.3 Å². The topological polar surface area (TPSA) is 114 Å². The van der Waals surface area contributed by atoms with Gasteiger partial charge in [-0.3, -0.25) is 14.4 Å². The molecular weight excluding hydrogens is 1090 g/mol. The van der Waals surface area contributed by atoms with Crippen LogP contribution in [-0.4, -0.2) is 86.5 Å². The molecule has 79 heavy (non-hydrogen) atoms. The Morgan fingerprint density at radius 3 is 1.22 bits per heavy atom. The van der Waals surface area contributed by atoms with Crippen molar-refractivity contribution in [3.05, 3.63) is 125 Å². The number of carbonyl (C=O) groups is 4. The van der Waals surface area contributed by atoms with Crippen LogP contribution in [0.5, 0.6) is 17.2 Å². The van der Waals surface area contributed by atoms with Crippen molar-refractivity contribution in [3.63, 3.8) is 0 Å². The van der Waals surface area contributed by atoms with Crippen molar-refractivity contribution in [1.82, 2.24) is 0 Å². The summed E-state index contributed by atoms with van der Waals surface area (Å²) in [6.45, 7) is 2.26. The fraction of sp³-hybridized carbons (Fsp3) is 0.491. The van der Waals surface area contributed by atoms with Crippen LogP contribution in [0, 0.1) is 0 Å². The molecular formula is C55H59F15O9.